The number of carbonyl (C=O) groups is 4. The third-order valence-corrected chi connectivity index (χ3v) is 2.37. The Hall–Kier alpha value is -2.42. The fourth-order valence-corrected chi connectivity index (χ4v) is 1.26. The van der Waals surface area contributed by atoms with Crippen molar-refractivity contribution in [3.63, 3.8) is 0 Å². The SMILES string of the molecule is C=CCOC(=O)CCC(=O)OC(CO)COC(=O)CCC(=O)O. The highest BCUT2D eigenvalue weighted by Gasteiger charge is 2.17. The van der Waals surface area contributed by atoms with Crippen molar-refractivity contribution >= 4 is 23.9 Å². The van der Waals surface area contributed by atoms with E-state index in [1.54, 1.807) is 0 Å². The van der Waals surface area contributed by atoms with E-state index in [-0.39, 0.29) is 32.3 Å². The van der Waals surface area contributed by atoms with Gasteiger partial charge in [-0.25, -0.2) is 0 Å². The molecule has 1 atom stereocenters. The fourth-order valence-electron chi connectivity index (χ4n) is 1.26. The Morgan fingerprint density at radius 3 is 2.09 bits per heavy atom. The van der Waals surface area contributed by atoms with Gasteiger partial charge in [-0.3, -0.25) is 19.2 Å². The zero-order valence-corrected chi connectivity index (χ0v) is 12.6. The van der Waals surface area contributed by atoms with Crippen molar-refractivity contribution in [2.45, 2.75) is 31.8 Å². The zero-order valence-electron chi connectivity index (χ0n) is 12.6. The summed E-state index contributed by atoms with van der Waals surface area (Å²) in [6.45, 7) is 2.42. The minimum Gasteiger partial charge on any atom is -0.481 e. The van der Waals surface area contributed by atoms with E-state index in [1.165, 1.54) is 6.08 Å². The molecule has 130 valence electrons. The van der Waals surface area contributed by atoms with Crippen LogP contribution >= 0.6 is 0 Å². The topological polar surface area (TPSA) is 136 Å². The average molecular weight is 332 g/mol. The lowest BCUT2D eigenvalue weighted by atomic mass is 10.3. The first kappa shape index (κ1) is 20.6. The zero-order chi connectivity index (χ0) is 17.7. The lowest BCUT2D eigenvalue weighted by Gasteiger charge is -2.15. The van der Waals surface area contributed by atoms with Gasteiger partial charge in [0.15, 0.2) is 6.10 Å². The molecule has 9 heteroatoms. The van der Waals surface area contributed by atoms with Crippen LogP contribution in [0.1, 0.15) is 25.7 Å². The molecule has 0 saturated heterocycles. The molecule has 0 heterocycles. The van der Waals surface area contributed by atoms with Crippen molar-refractivity contribution in [1.82, 2.24) is 0 Å². The summed E-state index contributed by atoms with van der Waals surface area (Å²) < 4.78 is 14.2. The van der Waals surface area contributed by atoms with Crippen LogP contribution in [-0.4, -0.2) is 60.0 Å². The average Bonchev–Trinajstić information content (AvgIpc) is 2.52. The van der Waals surface area contributed by atoms with Gasteiger partial charge in [-0.05, 0) is 0 Å². The molecule has 9 nitrogen and oxygen atoms in total. The van der Waals surface area contributed by atoms with Crippen molar-refractivity contribution in [1.29, 1.82) is 0 Å². The minimum atomic E-state index is -1.14. The van der Waals surface area contributed by atoms with Gasteiger partial charge in [0, 0.05) is 0 Å². The number of ether oxygens (including phenoxy) is 3. The lowest BCUT2D eigenvalue weighted by Crippen LogP contribution is -2.28. The molecular formula is C14H20O9. The van der Waals surface area contributed by atoms with Crippen molar-refractivity contribution in [3.8, 4) is 0 Å². The highest BCUT2D eigenvalue weighted by atomic mass is 16.6. The molecule has 0 aliphatic rings. The number of rotatable bonds is 12. The molecule has 0 aromatic heterocycles. The van der Waals surface area contributed by atoms with Gasteiger partial charge in [0.25, 0.3) is 0 Å². The first-order valence-corrected chi connectivity index (χ1v) is 6.83. The Bertz CT molecular complexity index is 430. The van der Waals surface area contributed by atoms with Crippen LogP contribution in [0, 0.1) is 0 Å². The Morgan fingerprint density at radius 2 is 1.52 bits per heavy atom. The van der Waals surface area contributed by atoms with Gasteiger partial charge in [0.1, 0.15) is 13.2 Å². The van der Waals surface area contributed by atoms with Crippen LogP contribution in [0.5, 0.6) is 0 Å². The van der Waals surface area contributed by atoms with E-state index in [1.807, 2.05) is 0 Å². The molecule has 0 aromatic carbocycles. The smallest absolute Gasteiger partial charge is 0.306 e. The molecule has 0 aliphatic carbocycles. The predicted octanol–water partition coefficient (Wildman–Crippen LogP) is -0.192. The van der Waals surface area contributed by atoms with Gasteiger partial charge < -0.3 is 24.4 Å². The molecule has 0 spiro atoms. The number of aliphatic carboxylic acids is 1. The van der Waals surface area contributed by atoms with E-state index in [0.717, 1.165) is 0 Å². The molecule has 2 N–H and O–H groups in total. The fraction of sp³-hybridized carbons (Fsp3) is 0.571. The first-order chi connectivity index (χ1) is 10.9. The van der Waals surface area contributed by atoms with Crippen molar-refractivity contribution in [3.05, 3.63) is 12.7 Å². The van der Waals surface area contributed by atoms with E-state index >= 15 is 0 Å². The molecule has 23 heavy (non-hydrogen) atoms. The largest absolute Gasteiger partial charge is 0.481 e. The number of carboxylic acids is 1. The molecule has 0 aromatic rings. The maximum Gasteiger partial charge on any atom is 0.306 e. The summed E-state index contributed by atoms with van der Waals surface area (Å²) in [5.41, 5.74) is 0. The molecule has 0 bridgehead atoms. The van der Waals surface area contributed by atoms with Crippen molar-refractivity contribution in [2.24, 2.45) is 0 Å². The van der Waals surface area contributed by atoms with Crippen molar-refractivity contribution < 1.29 is 43.6 Å². The monoisotopic (exact) mass is 332 g/mol. The first-order valence-electron chi connectivity index (χ1n) is 6.83. The maximum absolute atomic E-state index is 11.5. The summed E-state index contributed by atoms with van der Waals surface area (Å²) in [6.07, 6.45) is -0.842. The molecule has 1 unspecified atom stereocenters. The van der Waals surface area contributed by atoms with Gasteiger partial charge in [-0.2, -0.15) is 0 Å². The van der Waals surface area contributed by atoms with Crippen LogP contribution < -0.4 is 0 Å². The van der Waals surface area contributed by atoms with Gasteiger partial charge >= 0.3 is 23.9 Å². The number of aliphatic hydroxyl groups is 1. The number of hydrogen-bond donors (Lipinski definition) is 2. The number of carbonyl (C=O) groups excluding carboxylic acids is 3. The Morgan fingerprint density at radius 1 is 0.957 bits per heavy atom. The van der Waals surface area contributed by atoms with E-state index in [9.17, 15) is 19.2 Å². The van der Waals surface area contributed by atoms with E-state index in [2.05, 4.69) is 16.1 Å². The molecular weight excluding hydrogens is 312 g/mol. The quantitative estimate of drug-likeness (QED) is 0.283. The van der Waals surface area contributed by atoms with Gasteiger partial charge in [0.05, 0.1) is 32.3 Å². The maximum atomic E-state index is 11.5. The predicted molar refractivity (Wildman–Crippen MR) is 75.2 cm³/mol. The molecule has 0 amide bonds. The standard InChI is InChI=1S/C14H20O9/c1-2-7-21-12(18)5-6-14(20)23-10(8-15)9-22-13(19)4-3-11(16)17/h2,10,15H,1,3-9H2,(H,16,17). The highest BCUT2D eigenvalue weighted by molar-refractivity contribution is 5.78. The summed E-state index contributed by atoms with van der Waals surface area (Å²) in [6, 6.07) is 0. The summed E-state index contributed by atoms with van der Waals surface area (Å²) in [5, 5.41) is 17.4. The van der Waals surface area contributed by atoms with E-state index in [4.69, 9.17) is 14.9 Å². The number of esters is 3. The Labute approximate surface area is 132 Å². The van der Waals surface area contributed by atoms with Crippen LogP contribution in [0.4, 0.5) is 0 Å². The molecule has 0 radical (unpaired) electrons. The van der Waals surface area contributed by atoms with Gasteiger partial charge in [-0.15, -0.1) is 0 Å². The minimum absolute atomic E-state index is 0.0411. The number of aliphatic hydroxyl groups excluding tert-OH is 1. The van der Waals surface area contributed by atoms with E-state index < -0.39 is 43.2 Å². The molecule has 0 rings (SSSR count). The molecule has 0 fully saturated rings. The van der Waals surface area contributed by atoms with Gasteiger partial charge in [0.2, 0.25) is 0 Å². The second-order valence-electron chi connectivity index (χ2n) is 4.34. The summed E-state index contributed by atoms with van der Waals surface area (Å²) in [5.74, 6) is -3.28. The van der Waals surface area contributed by atoms with Gasteiger partial charge in [-0.1, -0.05) is 12.7 Å². The van der Waals surface area contributed by atoms with Crippen LogP contribution in [0.25, 0.3) is 0 Å². The van der Waals surface area contributed by atoms with E-state index in [0.29, 0.717) is 0 Å². The molecule has 0 saturated carbocycles. The van der Waals surface area contributed by atoms with Crippen molar-refractivity contribution in [2.75, 3.05) is 19.8 Å². The third kappa shape index (κ3) is 11.9. The molecule has 0 aliphatic heterocycles. The summed E-state index contributed by atoms with van der Waals surface area (Å²) in [7, 11) is 0. The summed E-state index contributed by atoms with van der Waals surface area (Å²) >= 11 is 0. The van der Waals surface area contributed by atoms with Crippen LogP contribution in [0.15, 0.2) is 12.7 Å². The Balaban J connectivity index is 4.00. The summed E-state index contributed by atoms with van der Waals surface area (Å²) in [4.78, 5) is 44.1. The lowest BCUT2D eigenvalue weighted by molar-refractivity contribution is -0.163. The number of carboxylic acid groups (broad SMARTS) is 1. The normalized spacial score (nSPS) is 11.2. The second kappa shape index (κ2) is 12.2. The number of hydrogen-bond acceptors (Lipinski definition) is 8. The second-order valence-corrected chi connectivity index (χ2v) is 4.34. The highest BCUT2D eigenvalue weighted by Crippen LogP contribution is 2.02. The van der Waals surface area contributed by atoms with Crippen LogP contribution in [-0.2, 0) is 33.4 Å². The third-order valence-electron chi connectivity index (χ3n) is 2.37. The Kier molecular flexibility index (Phi) is 10.9. The van der Waals surface area contributed by atoms with Crippen LogP contribution in [0.3, 0.4) is 0 Å². The van der Waals surface area contributed by atoms with Crippen LogP contribution in [0.2, 0.25) is 0 Å².